The molecule has 0 radical (unpaired) electrons. The fraction of sp³-hybridized carbons (Fsp3) is 0.0870. The molecule has 0 heterocycles. The summed E-state index contributed by atoms with van der Waals surface area (Å²) in [4.78, 5) is 26.0. The van der Waals surface area contributed by atoms with Gasteiger partial charge in [-0.05, 0) is 35.9 Å². The van der Waals surface area contributed by atoms with E-state index in [1.54, 1.807) is 6.07 Å². The SMILES string of the molecule is N#Cc1ccc(Cl)cc1NC(=O)COC(=O)C(Sc1ccccc1)c1ccccc1. The number of esters is 1. The van der Waals surface area contributed by atoms with Gasteiger partial charge < -0.3 is 10.1 Å². The molecule has 1 N–H and O–H groups in total. The molecule has 0 aromatic heterocycles. The molecule has 0 fully saturated rings. The Hall–Kier alpha value is -3.27. The molecule has 3 rings (SSSR count). The van der Waals surface area contributed by atoms with Crippen LogP contribution in [0.2, 0.25) is 5.02 Å². The van der Waals surface area contributed by atoms with E-state index in [9.17, 15) is 9.59 Å². The third kappa shape index (κ3) is 5.86. The number of benzene rings is 3. The maximum Gasteiger partial charge on any atom is 0.324 e. The summed E-state index contributed by atoms with van der Waals surface area (Å²) in [7, 11) is 0. The summed E-state index contributed by atoms with van der Waals surface area (Å²) in [5.74, 6) is -1.09. The van der Waals surface area contributed by atoms with Crippen LogP contribution < -0.4 is 5.32 Å². The lowest BCUT2D eigenvalue weighted by Crippen LogP contribution is -2.23. The quantitative estimate of drug-likeness (QED) is 0.405. The van der Waals surface area contributed by atoms with E-state index < -0.39 is 23.7 Å². The molecular formula is C23H17ClN2O3S. The summed E-state index contributed by atoms with van der Waals surface area (Å²) in [6.45, 7) is -0.477. The first kappa shape index (κ1) is 21.4. The number of nitriles is 1. The van der Waals surface area contributed by atoms with Gasteiger partial charge in [-0.15, -0.1) is 11.8 Å². The van der Waals surface area contributed by atoms with Crippen molar-refractivity contribution in [2.24, 2.45) is 0 Å². The summed E-state index contributed by atoms with van der Waals surface area (Å²) >= 11 is 7.27. The predicted octanol–water partition coefficient (Wildman–Crippen LogP) is 5.23. The molecule has 7 heteroatoms. The normalized spacial score (nSPS) is 11.2. The smallest absolute Gasteiger partial charge is 0.324 e. The second-order valence-corrected chi connectivity index (χ2v) is 7.79. The second kappa shape index (κ2) is 10.5. The summed E-state index contributed by atoms with van der Waals surface area (Å²) < 4.78 is 5.28. The third-order valence-corrected chi connectivity index (χ3v) is 5.51. The Labute approximate surface area is 183 Å². The lowest BCUT2D eigenvalue weighted by Gasteiger charge is -2.16. The monoisotopic (exact) mass is 436 g/mol. The van der Waals surface area contributed by atoms with Gasteiger partial charge in [-0.25, -0.2) is 0 Å². The van der Waals surface area contributed by atoms with Crippen LogP contribution in [-0.4, -0.2) is 18.5 Å². The molecule has 3 aromatic carbocycles. The summed E-state index contributed by atoms with van der Waals surface area (Å²) in [6.07, 6.45) is 0. The molecule has 1 unspecified atom stereocenters. The van der Waals surface area contributed by atoms with Crippen LogP contribution in [0.3, 0.4) is 0 Å². The molecule has 0 aliphatic rings. The number of amides is 1. The predicted molar refractivity (Wildman–Crippen MR) is 117 cm³/mol. The highest BCUT2D eigenvalue weighted by atomic mass is 35.5. The van der Waals surface area contributed by atoms with Crippen LogP contribution in [0, 0.1) is 11.3 Å². The number of halogens is 1. The van der Waals surface area contributed by atoms with E-state index >= 15 is 0 Å². The Morgan fingerprint density at radius 3 is 2.37 bits per heavy atom. The number of carbonyl (C=O) groups excluding carboxylic acids is 2. The highest BCUT2D eigenvalue weighted by molar-refractivity contribution is 8.00. The minimum Gasteiger partial charge on any atom is -0.454 e. The number of rotatable bonds is 7. The number of anilines is 1. The highest BCUT2D eigenvalue weighted by Gasteiger charge is 2.24. The number of ether oxygens (including phenoxy) is 1. The Morgan fingerprint density at radius 1 is 1.03 bits per heavy atom. The Bertz CT molecular complexity index is 1070. The third-order valence-electron chi connectivity index (χ3n) is 4.04. The molecule has 0 aliphatic carbocycles. The van der Waals surface area contributed by atoms with Crippen molar-refractivity contribution in [1.82, 2.24) is 0 Å². The zero-order chi connectivity index (χ0) is 21.3. The summed E-state index contributed by atoms with van der Waals surface area (Å²) in [5.41, 5.74) is 1.31. The molecule has 0 saturated carbocycles. The average molecular weight is 437 g/mol. The molecule has 1 amide bonds. The Balaban J connectivity index is 1.68. The molecule has 0 spiro atoms. The molecule has 3 aromatic rings. The molecular weight excluding hydrogens is 420 g/mol. The number of hydrogen-bond acceptors (Lipinski definition) is 5. The van der Waals surface area contributed by atoms with Crippen molar-refractivity contribution in [2.45, 2.75) is 10.1 Å². The van der Waals surface area contributed by atoms with Crippen LogP contribution in [-0.2, 0) is 14.3 Å². The van der Waals surface area contributed by atoms with E-state index in [2.05, 4.69) is 5.32 Å². The van der Waals surface area contributed by atoms with Crippen LogP contribution in [0.15, 0.2) is 83.8 Å². The van der Waals surface area contributed by atoms with E-state index in [0.29, 0.717) is 5.02 Å². The van der Waals surface area contributed by atoms with E-state index in [1.807, 2.05) is 66.7 Å². The molecule has 1 atom stereocenters. The number of hydrogen-bond donors (Lipinski definition) is 1. The summed E-state index contributed by atoms with van der Waals surface area (Å²) in [5, 5.41) is 11.5. The van der Waals surface area contributed by atoms with Crippen molar-refractivity contribution in [3.05, 3.63) is 95.0 Å². The number of thioether (sulfide) groups is 1. The first-order chi connectivity index (χ1) is 14.6. The molecule has 150 valence electrons. The highest BCUT2D eigenvalue weighted by Crippen LogP contribution is 2.36. The topological polar surface area (TPSA) is 79.2 Å². The van der Waals surface area contributed by atoms with Gasteiger partial charge in [-0.1, -0.05) is 60.1 Å². The zero-order valence-corrected chi connectivity index (χ0v) is 17.3. The maximum absolute atomic E-state index is 12.8. The zero-order valence-electron chi connectivity index (χ0n) is 15.7. The molecule has 0 aliphatic heterocycles. The van der Waals surface area contributed by atoms with Gasteiger partial charge >= 0.3 is 5.97 Å². The Morgan fingerprint density at radius 2 is 1.70 bits per heavy atom. The van der Waals surface area contributed by atoms with Gasteiger partial charge in [-0.2, -0.15) is 5.26 Å². The van der Waals surface area contributed by atoms with Crippen LogP contribution in [0.4, 0.5) is 5.69 Å². The minimum absolute atomic E-state index is 0.265. The van der Waals surface area contributed by atoms with Gasteiger partial charge in [0.2, 0.25) is 0 Å². The summed E-state index contributed by atoms with van der Waals surface area (Å²) in [6, 6.07) is 25.2. The van der Waals surface area contributed by atoms with Gasteiger partial charge in [0, 0.05) is 9.92 Å². The molecule has 5 nitrogen and oxygen atoms in total. The first-order valence-electron chi connectivity index (χ1n) is 8.99. The largest absolute Gasteiger partial charge is 0.454 e. The number of nitrogens with zero attached hydrogens (tertiary/aromatic N) is 1. The van der Waals surface area contributed by atoms with E-state index in [1.165, 1.54) is 23.9 Å². The number of nitrogens with one attached hydrogen (secondary N) is 1. The standard InChI is InChI=1S/C23H17ClN2O3S/c24-18-12-11-17(14-25)20(13-18)26-21(27)15-29-23(28)22(16-7-3-1-4-8-16)30-19-9-5-2-6-10-19/h1-13,22H,15H2,(H,26,27). The van der Waals surface area contributed by atoms with Crippen molar-refractivity contribution in [3.8, 4) is 6.07 Å². The molecule has 30 heavy (non-hydrogen) atoms. The lowest BCUT2D eigenvalue weighted by molar-refractivity contribution is -0.146. The van der Waals surface area contributed by atoms with Crippen LogP contribution in [0.1, 0.15) is 16.4 Å². The fourth-order valence-electron chi connectivity index (χ4n) is 2.63. The van der Waals surface area contributed by atoms with E-state index in [4.69, 9.17) is 21.6 Å². The van der Waals surface area contributed by atoms with Crippen molar-refractivity contribution in [2.75, 3.05) is 11.9 Å². The lowest BCUT2D eigenvalue weighted by atomic mass is 10.1. The van der Waals surface area contributed by atoms with Crippen LogP contribution in [0.25, 0.3) is 0 Å². The van der Waals surface area contributed by atoms with Gasteiger partial charge in [0.05, 0.1) is 11.3 Å². The van der Waals surface area contributed by atoms with Crippen molar-refractivity contribution >= 4 is 40.9 Å². The molecule has 0 saturated heterocycles. The van der Waals surface area contributed by atoms with E-state index in [0.717, 1.165) is 10.5 Å². The maximum atomic E-state index is 12.8. The van der Waals surface area contributed by atoms with Gasteiger partial charge in [0.1, 0.15) is 11.3 Å². The molecule has 0 bridgehead atoms. The average Bonchev–Trinajstić information content (AvgIpc) is 2.77. The fourth-order valence-corrected chi connectivity index (χ4v) is 3.85. The second-order valence-electron chi connectivity index (χ2n) is 6.18. The van der Waals surface area contributed by atoms with Crippen LogP contribution in [0.5, 0.6) is 0 Å². The minimum atomic E-state index is -0.623. The van der Waals surface area contributed by atoms with Gasteiger partial charge in [-0.3, -0.25) is 9.59 Å². The van der Waals surface area contributed by atoms with Crippen molar-refractivity contribution in [3.63, 3.8) is 0 Å². The number of carbonyl (C=O) groups is 2. The van der Waals surface area contributed by atoms with E-state index in [-0.39, 0.29) is 11.3 Å². The van der Waals surface area contributed by atoms with Gasteiger partial charge in [0.15, 0.2) is 6.61 Å². The van der Waals surface area contributed by atoms with Crippen molar-refractivity contribution < 1.29 is 14.3 Å². The Kier molecular flexibility index (Phi) is 7.50. The van der Waals surface area contributed by atoms with Gasteiger partial charge in [0.25, 0.3) is 5.91 Å². The van der Waals surface area contributed by atoms with Crippen LogP contribution >= 0.6 is 23.4 Å². The first-order valence-corrected chi connectivity index (χ1v) is 10.3. The van der Waals surface area contributed by atoms with Crippen molar-refractivity contribution in [1.29, 1.82) is 5.26 Å².